The molecule has 4 fully saturated rings. The molecule has 5 atom stereocenters. The van der Waals surface area contributed by atoms with E-state index in [0.717, 1.165) is 12.1 Å². The predicted octanol–water partition coefficient (Wildman–Crippen LogP) is 2.32. The fraction of sp³-hybridized carbons (Fsp3) is 0.619. The SMILES string of the molecule is Cc1cc(C(F)(F)F)ccc1NC(=O)[C@@H]1CO[C@@H]2CN(C(=O)C3[C@@H]4COC[C@@H]34)C[C@H]21. The number of nitrogens with zero attached hydrogens (tertiary/aromatic N) is 1. The second-order valence-electron chi connectivity index (χ2n) is 8.79. The molecule has 4 aliphatic rings. The third-order valence-electron chi connectivity index (χ3n) is 7.01. The van der Waals surface area contributed by atoms with Crippen molar-refractivity contribution in [2.75, 3.05) is 38.2 Å². The fourth-order valence-corrected chi connectivity index (χ4v) is 5.19. The highest BCUT2D eigenvalue weighted by molar-refractivity contribution is 5.94. The van der Waals surface area contributed by atoms with Crippen LogP contribution in [-0.2, 0) is 25.2 Å². The lowest BCUT2D eigenvalue weighted by Gasteiger charge is -2.21. The molecule has 5 rings (SSSR count). The van der Waals surface area contributed by atoms with E-state index in [1.807, 2.05) is 0 Å². The first kappa shape index (κ1) is 19.8. The summed E-state index contributed by atoms with van der Waals surface area (Å²) in [6, 6.07) is 3.26. The summed E-state index contributed by atoms with van der Waals surface area (Å²) in [6.07, 6.45) is -4.60. The Kier molecular flexibility index (Phi) is 4.59. The highest BCUT2D eigenvalue weighted by Gasteiger charge is 2.60. The van der Waals surface area contributed by atoms with Crippen LogP contribution in [0.2, 0.25) is 0 Å². The molecule has 0 bridgehead atoms. The van der Waals surface area contributed by atoms with Crippen LogP contribution in [0, 0.1) is 36.5 Å². The van der Waals surface area contributed by atoms with Gasteiger partial charge in [-0.05, 0) is 42.5 Å². The number of benzene rings is 1. The molecule has 0 spiro atoms. The van der Waals surface area contributed by atoms with E-state index < -0.39 is 17.7 Å². The topological polar surface area (TPSA) is 67.9 Å². The van der Waals surface area contributed by atoms with Crippen molar-refractivity contribution >= 4 is 17.5 Å². The minimum Gasteiger partial charge on any atom is -0.381 e. The zero-order valence-electron chi connectivity index (χ0n) is 16.4. The van der Waals surface area contributed by atoms with Gasteiger partial charge in [-0.3, -0.25) is 9.59 Å². The summed E-state index contributed by atoms with van der Waals surface area (Å²) in [5.74, 6) is 0.0244. The van der Waals surface area contributed by atoms with Gasteiger partial charge in [0.1, 0.15) is 0 Å². The summed E-state index contributed by atoms with van der Waals surface area (Å²) in [5, 5.41) is 2.75. The van der Waals surface area contributed by atoms with Crippen LogP contribution in [0.5, 0.6) is 0 Å². The summed E-state index contributed by atoms with van der Waals surface area (Å²) in [4.78, 5) is 27.4. The summed E-state index contributed by atoms with van der Waals surface area (Å²) < 4.78 is 49.7. The number of carbonyl (C=O) groups is 2. The molecule has 0 radical (unpaired) electrons. The normalized spacial score (nSPS) is 34.6. The third kappa shape index (κ3) is 3.28. The largest absolute Gasteiger partial charge is 0.416 e. The van der Waals surface area contributed by atoms with Crippen molar-refractivity contribution in [1.82, 2.24) is 4.90 Å². The number of anilines is 1. The van der Waals surface area contributed by atoms with E-state index in [-0.39, 0.29) is 36.4 Å². The first-order valence-corrected chi connectivity index (χ1v) is 10.2. The maximum atomic E-state index is 12.8. The molecule has 2 amide bonds. The van der Waals surface area contributed by atoms with E-state index in [4.69, 9.17) is 9.47 Å². The Labute approximate surface area is 171 Å². The first-order valence-electron chi connectivity index (χ1n) is 10.2. The Morgan fingerprint density at radius 2 is 1.83 bits per heavy atom. The van der Waals surface area contributed by atoms with E-state index in [2.05, 4.69) is 5.32 Å². The Bertz CT molecular complexity index is 879. The number of fused-ring (bicyclic) bond motifs is 2. The number of nitrogens with one attached hydrogen (secondary N) is 1. The van der Waals surface area contributed by atoms with E-state index in [0.29, 0.717) is 49.4 Å². The van der Waals surface area contributed by atoms with Gasteiger partial charge in [-0.15, -0.1) is 0 Å². The molecule has 0 unspecified atom stereocenters. The molecule has 30 heavy (non-hydrogen) atoms. The Morgan fingerprint density at radius 1 is 1.10 bits per heavy atom. The standard InChI is InChI=1S/C21H23F3N2O4/c1-10-4-11(21(22,23)24)2-3-16(10)25-19(27)15-9-30-17-6-26(5-12(15)17)20(28)18-13-7-29-8-14(13)18/h2-4,12-15,17-18H,5-9H2,1H3,(H,25,27)/t12-,13+,14+,15+,17+/m0/s1. The number of carbonyl (C=O) groups excluding carboxylic acids is 2. The van der Waals surface area contributed by atoms with Crippen molar-refractivity contribution in [3.05, 3.63) is 29.3 Å². The highest BCUT2D eigenvalue weighted by atomic mass is 19.4. The fourth-order valence-electron chi connectivity index (χ4n) is 5.19. The number of hydrogen-bond donors (Lipinski definition) is 1. The van der Waals surface area contributed by atoms with E-state index in [9.17, 15) is 22.8 Å². The van der Waals surface area contributed by atoms with Gasteiger partial charge in [0.05, 0.1) is 37.4 Å². The first-order chi connectivity index (χ1) is 14.2. The quantitative estimate of drug-likeness (QED) is 0.809. The van der Waals surface area contributed by atoms with E-state index in [1.54, 1.807) is 4.90 Å². The monoisotopic (exact) mass is 424 g/mol. The van der Waals surface area contributed by atoms with Crippen molar-refractivity contribution in [1.29, 1.82) is 0 Å². The van der Waals surface area contributed by atoms with Gasteiger partial charge in [-0.25, -0.2) is 0 Å². The molecule has 1 aromatic rings. The number of aryl methyl sites for hydroxylation is 1. The Hall–Kier alpha value is -2.13. The van der Waals surface area contributed by atoms with E-state index >= 15 is 0 Å². The van der Waals surface area contributed by atoms with Gasteiger partial charge >= 0.3 is 6.18 Å². The molecule has 3 aliphatic heterocycles. The highest BCUT2D eigenvalue weighted by Crippen LogP contribution is 2.52. The zero-order valence-corrected chi connectivity index (χ0v) is 16.4. The van der Waals surface area contributed by atoms with Crippen LogP contribution in [0.3, 0.4) is 0 Å². The molecule has 9 heteroatoms. The Balaban J connectivity index is 1.22. The number of alkyl halides is 3. The molecule has 6 nitrogen and oxygen atoms in total. The van der Waals surface area contributed by atoms with Crippen molar-refractivity contribution < 1.29 is 32.2 Å². The van der Waals surface area contributed by atoms with Crippen molar-refractivity contribution in [3.8, 4) is 0 Å². The van der Waals surface area contributed by atoms with Crippen molar-refractivity contribution in [2.45, 2.75) is 19.2 Å². The number of amides is 2. The number of rotatable bonds is 3. The second kappa shape index (κ2) is 6.95. The van der Waals surface area contributed by atoms with E-state index in [1.165, 1.54) is 13.0 Å². The van der Waals surface area contributed by atoms with Gasteiger partial charge in [-0.2, -0.15) is 13.2 Å². The predicted molar refractivity (Wildman–Crippen MR) is 99.4 cm³/mol. The van der Waals surface area contributed by atoms with Gasteiger partial charge in [0.15, 0.2) is 0 Å². The molecule has 1 N–H and O–H groups in total. The number of hydrogen-bond acceptors (Lipinski definition) is 4. The minimum atomic E-state index is -4.42. The summed E-state index contributed by atoms with van der Waals surface area (Å²) in [7, 11) is 0. The van der Waals surface area contributed by atoms with Crippen molar-refractivity contribution in [2.24, 2.45) is 29.6 Å². The molecular weight excluding hydrogens is 401 g/mol. The molecular formula is C21H23F3N2O4. The molecule has 0 aromatic heterocycles. The average Bonchev–Trinajstić information content (AvgIpc) is 3.07. The summed E-state index contributed by atoms with van der Waals surface area (Å²) in [6.45, 7) is 4.05. The summed E-state index contributed by atoms with van der Waals surface area (Å²) >= 11 is 0. The maximum absolute atomic E-state index is 12.8. The zero-order chi connectivity index (χ0) is 21.2. The van der Waals surface area contributed by atoms with Crippen molar-refractivity contribution in [3.63, 3.8) is 0 Å². The van der Waals surface area contributed by atoms with Crippen LogP contribution in [-0.4, -0.2) is 55.7 Å². The minimum absolute atomic E-state index is 0.0413. The lowest BCUT2D eigenvalue weighted by molar-refractivity contribution is -0.137. The molecule has 162 valence electrons. The van der Waals surface area contributed by atoms with Crippen LogP contribution < -0.4 is 5.32 Å². The average molecular weight is 424 g/mol. The Morgan fingerprint density at radius 3 is 2.50 bits per heavy atom. The van der Waals surface area contributed by atoms with Crippen LogP contribution in [0.1, 0.15) is 11.1 Å². The maximum Gasteiger partial charge on any atom is 0.416 e. The molecule has 1 aromatic carbocycles. The molecule has 3 heterocycles. The third-order valence-corrected chi connectivity index (χ3v) is 7.01. The van der Waals surface area contributed by atoms with Gasteiger partial charge in [0, 0.05) is 30.6 Å². The van der Waals surface area contributed by atoms with Gasteiger partial charge in [0.25, 0.3) is 0 Å². The van der Waals surface area contributed by atoms with Crippen LogP contribution >= 0.6 is 0 Å². The lowest BCUT2D eigenvalue weighted by atomic mass is 9.92. The smallest absolute Gasteiger partial charge is 0.381 e. The number of ether oxygens (including phenoxy) is 2. The van der Waals surface area contributed by atoms with Crippen LogP contribution in [0.25, 0.3) is 0 Å². The van der Waals surface area contributed by atoms with Gasteiger partial charge in [0.2, 0.25) is 11.8 Å². The molecule has 1 saturated carbocycles. The van der Waals surface area contributed by atoms with Gasteiger partial charge in [-0.1, -0.05) is 0 Å². The second-order valence-corrected chi connectivity index (χ2v) is 8.79. The number of halogens is 3. The van der Waals surface area contributed by atoms with Crippen LogP contribution in [0.15, 0.2) is 18.2 Å². The lowest BCUT2D eigenvalue weighted by Crippen LogP contribution is -2.36. The number of likely N-dealkylation sites (tertiary alicyclic amines) is 1. The van der Waals surface area contributed by atoms with Gasteiger partial charge < -0.3 is 19.7 Å². The molecule has 1 aliphatic carbocycles. The summed E-state index contributed by atoms with van der Waals surface area (Å²) in [5.41, 5.74) is -0.0463. The molecule has 3 saturated heterocycles. The van der Waals surface area contributed by atoms with Crippen LogP contribution in [0.4, 0.5) is 18.9 Å².